The molecule has 0 bridgehead atoms. The number of halogens is 5. The molecule has 0 unspecified atom stereocenters. The SMILES string of the molecule is Fc1ccccc1COc1ccc(-c2cc(C(F)(F)F)n3nc(-c4ccc(Cl)cc4)cc3n2)cc1. The molecule has 0 saturated carbocycles. The molecule has 4 nitrogen and oxygen atoms in total. The Balaban J connectivity index is 1.47. The van der Waals surface area contributed by atoms with E-state index in [0.717, 1.165) is 10.6 Å². The number of rotatable bonds is 5. The second-order valence-electron chi connectivity index (χ2n) is 7.74. The van der Waals surface area contributed by atoms with Crippen LogP contribution in [0.15, 0.2) is 84.9 Å². The number of hydrogen-bond donors (Lipinski definition) is 0. The van der Waals surface area contributed by atoms with Crippen LogP contribution in [0.25, 0.3) is 28.2 Å². The highest BCUT2D eigenvalue weighted by atomic mass is 35.5. The van der Waals surface area contributed by atoms with Crippen molar-refractivity contribution in [2.75, 3.05) is 0 Å². The molecule has 2 aromatic heterocycles. The van der Waals surface area contributed by atoms with Crippen molar-refractivity contribution >= 4 is 17.2 Å². The van der Waals surface area contributed by atoms with Crippen LogP contribution in [0.2, 0.25) is 5.02 Å². The number of ether oxygens (including phenoxy) is 1. The minimum Gasteiger partial charge on any atom is -0.489 e. The van der Waals surface area contributed by atoms with E-state index in [1.165, 1.54) is 12.1 Å². The van der Waals surface area contributed by atoms with Gasteiger partial charge in [-0.05, 0) is 48.5 Å². The summed E-state index contributed by atoms with van der Waals surface area (Å²) >= 11 is 5.91. The average molecular weight is 498 g/mol. The van der Waals surface area contributed by atoms with Crippen molar-refractivity contribution < 1.29 is 22.3 Å². The van der Waals surface area contributed by atoms with Gasteiger partial charge in [0.2, 0.25) is 0 Å². The molecule has 0 fully saturated rings. The van der Waals surface area contributed by atoms with E-state index in [0.29, 0.717) is 33.2 Å². The van der Waals surface area contributed by atoms with E-state index in [1.54, 1.807) is 66.7 Å². The molecule has 0 amide bonds. The predicted molar refractivity (Wildman–Crippen MR) is 125 cm³/mol. The highest BCUT2D eigenvalue weighted by Crippen LogP contribution is 2.34. The Hall–Kier alpha value is -3.91. The molecule has 3 aromatic carbocycles. The third kappa shape index (κ3) is 4.83. The Bertz CT molecular complexity index is 1500. The molecule has 0 atom stereocenters. The fourth-order valence-electron chi connectivity index (χ4n) is 3.58. The number of nitrogens with zero attached hydrogens (tertiary/aromatic N) is 3. The van der Waals surface area contributed by atoms with Crippen LogP contribution in [-0.2, 0) is 12.8 Å². The first kappa shape index (κ1) is 22.9. The van der Waals surface area contributed by atoms with Crippen molar-refractivity contribution in [3.63, 3.8) is 0 Å². The second-order valence-corrected chi connectivity index (χ2v) is 8.17. The number of benzene rings is 3. The number of alkyl halides is 3. The average Bonchev–Trinajstić information content (AvgIpc) is 3.27. The van der Waals surface area contributed by atoms with Crippen LogP contribution in [0.1, 0.15) is 11.3 Å². The maximum absolute atomic E-state index is 13.9. The Morgan fingerprint density at radius 2 is 1.49 bits per heavy atom. The molecular formula is C26H16ClF4N3O. The van der Waals surface area contributed by atoms with Crippen molar-refractivity contribution in [2.24, 2.45) is 0 Å². The minimum atomic E-state index is -4.65. The highest BCUT2D eigenvalue weighted by molar-refractivity contribution is 6.30. The van der Waals surface area contributed by atoms with Crippen LogP contribution in [0.3, 0.4) is 0 Å². The van der Waals surface area contributed by atoms with Gasteiger partial charge in [-0.1, -0.05) is 41.9 Å². The van der Waals surface area contributed by atoms with Gasteiger partial charge in [0, 0.05) is 27.8 Å². The standard InChI is InChI=1S/C26H16ClF4N3O/c27-19-9-5-17(6-10-19)23-14-25-32-22(13-24(26(29,30)31)34(25)33-23)16-7-11-20(12-8-16)35-15-18-3-1-2-4-21(18)28/h1-14H,15H2. The van der Waals surface area contributed by atoms with Gasteiger partial charge in [0.1, 0.15) is 18.2 Å². The molecule has 0 radical (unpaired) electrons. The summed E-state index contributed by atoms with van der Waals surface area (Å²) in [5.74, 6) is 0.0728. The Morgan fingerprint density at radius 3 is 2.17 bits per heavy atom. The lowest BCUT2D eigenvalue weighted by Crippen LogP contribution is -2.13. The molecule has 0 saturated heterocycles. The van der Waals surface area contributed by atoms with Crippen molar-refractivity contribution in [1.82, 2.24) is 14.6 Å². The fourth-order valence-corrected chi connectivity index (χ4v) is 3.71. The Labute approximate surface area is 202 Å². The third-order valence-corrected chi connectivity index (χ3v) is 5.61. The number of fused-ring (bicyclic) bond motifs is 1. The van der Waals surface area contributed by atoms with Gasteiger partial charge in [-0.15, -0.1) is 0 Å². The molecule has 176 valence electrons. The molecule has 0 spiro atoms. The third-order valence-electron chi connectivity index (χ3n) is 5.36. The van der Waals surface area contributed by atoms with Crippen LogP contribution in [0.5, 0.6) is 5.75 Å². The first-order valence-corrected chi connectivity index (χ1v) is 10.9. The van der Waals surface area contributed by atoms with Crippen LogP contribution in [0, 0.1) is 5.82 Å². The van der Waals surface area contributed by atoms with Gasteiger partial charge in [0.25, 0.3) is 0 Å². The summed E-state index contributed by atoms with van der Waals surface area (Å²) in [6.07, 6.45) is -4.65. The quantitative estimate of drug-likeness (QED) is 0.237. The zero-order valence-electron chi connectivity index (χ0n) is 17.9. The molecule has 0 aliphatic heterocycles. The summed E-state index contributed by atoms with van der Waals surface area (Å²) in [6, 6.07) is 21.8. The van der Waals surface area contributed by atoms with E-state index in [1.807, 2.05) is 0 Å². The minimum absolute atomic E-state index is 0.0255. The molecule has 5 rings (SSSR count). The Morgan fingerprint density at radius 1 is 0.829 bits per heavy atom. The zero-order chi connectivity index (χ0) is 24.6. The maximum Gasteiger partial charge on any atom is 0.433 e. The molecule has 2 heterocycles. The zero-order valence-corrected chi connectivity index (χ0v) is 18.7. The van der Waals surface area contributed by atoms with Gasteiger partial charge in [0.05, 0.1) is 11.4 Å². The second kappa shape index (κ2) is 9.03. The molecule has 0 aliphatic rings. The first-order chi connectivity index (χ1) is 16.8. The van der Waals surface area contributed by atoms with Crippen LogP contribution < -0.4 is 4.74 Å². The summed E-state index contributed by atoms with van der Waals surface area (Å²) in [5, 5.41) is 4.64. The lowest BCUT2D eigenvalue weighted by molar-refractivity contribution is -0.142. The number of aromatic nitrogens is 3. The van der Waals surface area contributed by atoms with Crippen molar-refractivity contribution in [2.45, 2.75) is 12.8 Å². The van der Waals surface area contributed by atoms with Gasteiger partial charge in [0.15, 0.2) is 11.3 Å². The summed E-state index contributed by atoms with van der Waals surface area (Å²) in [6.45, 7) is 0.0255. The monoisotopic (exact) mass is 497 g/mol. The molecular weight excluding hydrogens is 482 g/mol. The van der Waals surface area contributed by atoms with Gasteiger partial charge in [-0.3, -0.25) is 0 Å². The predicted octanol–water partition coefficient (Wildman–Crippen LogP) is 7.45. The smallest absolute Gasteiger partial charge is 0.433 e. The van der Waals surface area contributed by atoms with Crippen LogP contribution in [-0.4, -0.2) is 14.6 Å². The summed E-state index contributed by atoms with van der Waals surface area (Å²) < 4.78 is 61.8. The normalized spacial score (nSPS) is 11.7. The number of hydrogen-bond acceptors (Lipinski definition) is 3. The lowest BCUT2D eigenvalue weighted by atomic mass is 10.1. The molecule has 35 heavy (non-hydrogen) atoms. The van der Waals surface area contributed by atoms with Gasteiger partial charge in [-0.25, -0.2) is 13.9 Å². The van der Waals surface area contributed by atoms with E-state index in [4.69, 9.17) is 16.3 Å². The largest absolute Gasteiger partial charge is 0.489 e. The van der Waals surface area contributed by atoms with Gasteiger partial charge < -0.3 is 4.74 Å². The van der Waals surface area contributed by atoms with E-state index >= 15 is 0 Å². The molecule has 0 N–H and O–H groups in total. The van der Waals surface area contributed by atoms with E-state index in [-0.39, 0.29) is 23.8 Å². The fraction of sp³-hybridized carbons (Fsp3) is 0.0769. The molecule has 5 aromatic rings. The van der Waals surface area contributed by atoms with Crippen molar-refractivity contribution in [1.29, 1.82) is 0 Å². The van der Waals surface area contributed by atoms with Crippen LogP contribution >= 0.6 is 11.6 Å². The lowest BCUT2D eigenvalue weighted by Gasteiger charge is -2.12. The summed E-state index contributed by atoms with van der Waals surface area (Å²) in [5.41, 5.74) is 1.06. The van der Waals surface area contributed by atoms with Gasteiger partial charge in [-0.2, -0.15) is 18.3 Å². The van der Waals surface area contributed by atoms with Gasteiger partial charge >= 0.3 is 6.18 Å². The van der Waals surface area contributed by atoms with Crippen molar-refractivity contribution in [3.05, 3.63) is 107 Å². The molecule has 0 aliphatic carbocycles. The first-order valence-electron chi connectivity index (χ1n) is 10.5. The highest BCUT2D eigenvalue weighted by Gasteiger charge is 2.35. The van der Waals surface area contributed by atoms with Crippen LogP contribution in [0.4, 0.5) is 17.6 Å². The van der Waals surface area contributed by atoms with E-state index in [2.05, 4.69) is 10.1 Å². The maximum atomic E-state index is 13.9. The Kier molecular flexibility index (Phi) is 5.90. The summed E-state index contributed by atoms with van der Waals surface area (Å²) in [4.78, 5) is 4.40. The summed E-state index contributed by atoms with van der Waals surface area (Å²) in [7, 11) is 0. The van der Waals surface area contributed by atoms with E-state index < -0.39 is 11.9 Å². The van der Waals surface area contributed by atoms with Crippen molar-refractivity contribution in [3.8, 4) is 28.3 Å². The molecule has 9 heteroatoms. The topological polar surface area (TPSA) is 39.4 Å². The van der Waals surface area contributed by atoms with E-state index in [9.17, 15) is 17.6 Å².